The monoisotopic (exact) mass is 883 g/mol. The third-order valence-electron chi connectivity index (χ3n) is 13.1. The molecule has 1 unspecified atom stereocenters. The third-order valence-corrected chi connectivity index (χ3v) is 13.1. The van der Waals surface area contributed by atoms with Gasteiger partial charge in [-0.3, -0.25) is 38.7 Å². The van der Waals surface area contributed by atoms with E-state index in [-0.39, 0.29) is 47.7 Å². The minimum absolute atomic E-state index is 0.0350. The first kappa shape index (κ1) is 44.8. The Morgan fingerprint density at radius 2 is 1.75 bits per heavy atom. The zero-order chi connectivity index (χ0) is 45.6. The van der Waals surface area contributed by atoms with Crippen LogP contribution in [0.25, 0.3) is 11.0 Å². The molecule has 2 saturated heterocycles. The predicted molar refractivity (Wildman–Crippen MR) is 246 cm³/mol. The van der Waals surface area contributed by atoms with E-state index >= 15 is 0 Å². The van der Waals surface area contributed by atoms with Crippen molar-refractivity contribution in [2.24, 2.45) is 0 Å². The normalized spacial score (nSPS) is 19.6. The molecule has 2 aromatic carbocycles. The SMILES string of the molecule is CCC(=O)NC1CCC(n2c(=O)cc(C)c3cnc(Nc4ccc(N5CCN(C(=O)CCCCCC#Cc6cccc7c6C(=O)N(C6CCC(=O)NC6=O)C7)CC5)cc4OC)nc32)CC1. The number of imide groups is 1. The van der Waals surface area contributed by atoms with E-state index in [4.69, 9.17) is 9.72 Å². The highest BCUT2D eigenvalue weighted by atomic mass is 16.5. The first-order chi connectivity index (χ1) is 31.5. The highest BCUT2D eigenvalue weighted by Gasteiger charge is 2.40. The van der Waals surface area contributed by atoms with E-state index in [1.165, 1.54) is 0 Å². The molecule has 340 valence electrons. The summed E-state index contributed by atoms with van der Waals surface area (Å²) in [5, 5.41) is 9.57. The van der Waals surface area contributed by atoms with Gasteiger partial charge in [0, 0.05) is 105 Å². The Kier molecular flexibility index (Phi) is 13.8. The third kappa shape index (κ3) is 9.99. The van der Waals surface area contributed by atoms with Gasteiger partial charge in [0.1, 0.15) is 17.4 Å². The molecule has 0 spiro atoms. The Morgan fingerprint density at radius 1 is 0.954 bits per heavy atom. The lowest BCUT2D eigenvalue weighted by atomic mass is 9.90. The van der Waals surface area contributed by atoms with Gasteiger partial charge in [0.15, 0.2) is 0 Å². The fraction of sp³-hybridized carbons (Fsp3) is 0.469. The second-order valence-electron chi connectivity index (χ2n) is 17.4. The number of unbranched alkanes of at least 4 members (excludes halogenated alkanes) is 3. The number of nitrogens with zero attached hydrogens (tertiary/aromatic N) is 6. The highest BCUT2D eigenvalue weighted by molar-refractivity contribution is 6.06. The molecule has 65 heavy (non-hydrogen) atoms. The van der Waals surface area contributed by atoms with E-state index < -0.39 is 11.9 Å². The van der Waals surface area contributed by atoms with Crippen LogP contribution in [0.5, 0.6) is 5.75 Å². The van der Waals surface area contributed by atoms with Crippen molar-refractivity contribution in [1.29, 1.82) is 0 Å². The second-order valence-corrected chi connectivity index (χ2v) is 17.4. The molecule has 0 bridgehead atoms. The summed E-state index contributed by atoms with van der Waals surface area (Å²) in [6, 6.07) is 12.6. The van der Waals surface area contributed by atoms with Gasteiger partial charge in [-0.1, -0.05) is 37.3 Å². The molecular weight excluding hydrogens is 827 g/mol. The van der Waals surface area contributed by atoms with Crippen LogP contribution < -0.4 is 31.1 Å². The topological polar surface area (TPSA) is 188 Å². The number of piperidine rings is 1. The molecule has 3 N–H and O–H groups in total. The Hall–Kier alpha value is -6.76. The molecule has 3 aliphatic heterocycles. The van der Waals surface area contributed by atoms with Crippen LogP contribution in [0.15, 0.2) is 53.5 Å². The number of carbonyl (C=O) groups is 5. The summed E-state index contributed by atoms with van der Waals surface area (Å²) in [6.45, 7) is 6.68. The van der Waals surface area contributed by atoms with Crippen LogP contribution in [0.2, 0.25) is 0 Å². The number of hydrogen-bond donors (Lipinski definition) is 3. The average molecular weight is 884 g/mol. The number of aryl methyl sites for hydroxylation is 1. The standard InChI is InChI=1S/C49H57N9O7/c1-4-41(59)51-34-15-17-35(18-16-34)58-44(62)27-31(2)37-29-50-49(54-46(37)58)52-38-20-19-36(28-40(38)65-3)55-23-25-56(26-24-55)43(61)14-9-7-5-6-8-11-32-12-10-13-33-30-57(48(64)45(32)33)39-21-22-42(60)53-47(39)63/h10,12-13,19-20,27-29,34-35,39H,4-7,9,14-18,21-26,30H2,1-3H3,(H,51,59)(H,50,52,54)(H,53,60,63). The van der Waals surface area contributed by atoms with Crippen molar-refractivity contribution < 1.29 is 28.7 Å². The van der Waals surface area contributed by atoms with Crippen LogP contribution >= 0.6 is 0 Å². The molecule has 1 saturated carbocycles. The zero-order valence-electron chi connectivity index (χ0n) is 37.4. The number of benzene rings is 2. The number of piperazine rings is 1. The number of amides is 5. The summed E-state index contributed by atoms with van der Waals surface area (Å²) in [5.41, 5.74) is 4.97. The van der Waals surface area contributed by atoms with E-state index in [9.17, 15) is 28.8 Å². The molecule has 16 heteroatoms. The molecule has 5 amide bonds. The zero-order valence-corrected chi connectivity index (χ0v) is 37.4. The van der Waals surface area contributed by atoms with Crippen molar-refractivity contribution in [3.8, 4) is 17.6 Å². The quantitative estimate of drug-likeness (QED) is 0.0902. The number of carbonyl (C=O) groups excluding carboxylic acids is 5. The molecule has 3 fully saturated rings. The number of pyridine rings is 1. The van der Waals surface area contributed by atoms with Crippen molar-refractivity contribution in [2.45, 2.75) is 116 Å². The maximum Gasteiger partial charge on any atom is 0.256 e. The number of fused-ring (bicyclic) bond motifs is 2. The van der Waals surface area contributed by atoms with Crippen LogP contribution in [0.1, 0.15) is 117 Å². The van der Waals surface area contributed by atoms with Crippen LogP contribution in [-0.4, -0.2) is 99.2 Å². The van der Waals surface area contributed by atoms with E-state index in [2.05, 4.69) is 37.7 Å². The van der Waals surface area contributed by atoms with Crippen LogP contribution in [0.3, 0.4) is 0 Å². The molecule has 0 radical (unpaired) electrons. The first-order valence-electron chi connectivity index (χ1n) is 22.9. The van der Waals surface area contributed by atoms with E-state index in [1.54, 1.807) is 28.8 Å². The summed E-state index contributed by atoms with van der Waals surface area (Å²) < 4.78 is 7.61. The fourth-order valence-electron chi connectivity index (χ4n) is 9.51. The molecule has 4 aliphatic rings. The lowest BCUT2D eigenvalue weighted by Gasteiger charge is -2.36. The molecule has 1 aliphatic carbocycles. The lowest BCUT2D eigenvalue weighted by molar-refractivity contribution is -0.137. The molecule has 8 rings (SSSR count). The van der Waals surface area contributed by atoms with Crippen molar-refractivity contribution in [2.75, 3.05) is 43.5 Å². The van der Waals surface area contributed by atoms with Crippen molar-refractivity contribution >= 4 is 57.9 Å². The molecule has 1 atom stereocenters. The Bertz CT molecular complexity index is 2620. The smallest absolute Gasteiger partial charge is 0.256 e. The largest absolute Gasteiger partial charge is 0.494 e. The molecule has 16 nitrogen and oxygen atoms in total. The number of rotatable bonds is 13. The van der Waals surface area contributed by atoms with Gasteiger partial charge in [-0.25, -0.2) is 4.98 Å². The first-order valence-corrected chi connectivity index (χ1v) is 22.9. The van der Waals surface area contributed by atoms with Crippen LogP contribution in [0, 0.1) is 18.8 Å². The minimum atomic E-state index is -0.661. The van der Waals surface area contributed by atoms with Gasteiger partial charge < -0.3 is 30.1 Å². The molecule has 4 aromatic rings. The van der Waals surface area contributed by atoms with Gasteiger partial charge in [-0.05, 0) is 81.2 Å². The maximum atomic E-state index is 13.4. The highest BCUT2D eigenvalue weighted by Crippen LogP contribution is 2.34. The van der Waals surface area contributed by atoms with Gasteiger partial charge in [-0.15, -0.1) is 0 Å². The summed E-state index contributed by atoms with van der Waals surface area (Å²) in [6.07, 6.45) is 9.44. The number of hydrogen-bond acceptors (Lipinski definition) is 11. The predicted octanol–water partition coefficient (Wildman–Crippen LogP) is 5.27. The lowest BCUT2D eigenvalue weighted by Crippen LogP contribution is -2.52. The van der Waals surface area contributed by atoms with Gasteiger partial charge >= 0.3 is 0 Å². The van der Waals surface area contributed by atoms with E-state index in [1.807, 2.05) is 55.1 Å². The van der Waals surface area contributed by atoms with Crippen molar-refractivity contribution in [3.63, 3.8) is 0 Å². The van der Waals surface area contributed by atoms with Crippen LogP contribution in [-0.2, 0) is 25.7 Å². The van der Waals surface area contributed by atoms with E-state index in [0.717, 1.165) is 67.1 Å². The van der Waals surface area contributed by atoms with E-state index in [0.29, 0.717) is 92.6 Å². The fourth-order valence-corrected chi connectivity index (χ4v) is 9.51. The minimum Gasteiger partial charge on any atom is -0.494 e. The maximum absolute atomic E-state index is 13.4. The second kappa shape index (κ2) is 20.0. The summed E-state index contributed by atoms with van der Waals surface area (Å²) in [5.74, 6) is 6.55. The number of anilines is 3. The molecular formula is C49H57N9O7. The number of methoxy groups -OCH3 is 1. The number of nitrogens with one attached hydrogen (secondary N) is 3. The van der Waals surface area contributed by atoms with Gasteiger partial charge in [0.05, 0.1) is 18.4 Å². The van der Waals surface area contributed by atoms with Gasteiger partial charge in [0.2, 0.25) is 29.6 Å². The average Bonchev–Trinajstić information content (AvgIpc) is 3.65. The Labute approximate surface area is 378 Å². The Morgan fingerprint density at radius 3 is 2.51 bits per heavy atom. The number of aromatic nitrogens is 3. The van der Waals surface area contributed by atoms with Crippen molar-refractivity contribution in [3.05, 3.63) is 81.3 Å². The summed E-state index contributed by atoms with van der Waals surface area (Å²) >= 11 is 0. The van der Waals surface area contributed by atoms with Crippen molar-refractivity contribution in [1.82, 2.24) is 35.0 Å². The van der Waals surface area contributed by atoms with Gasteiger partial charge in [-0.2, -0.15) is 4.98 Å². The van der Waals surface area contributed by atoms with Gasteiger partial charge in [0.25, 0.3) is 11.5 Å². The molecule has 2 aromatic heterocycles. The molecule has 5 heterocycles. The van der Waals surface area contributed by atoms with Crippen LogP contribution in [0.4, 0.5) is 17.3 Å². The number of ether oxygens (including phenoxy) is 1. The summed E-state index contributed by atoms with van der Waals surface area (Å²) in [4.78, 5) is 91.2. The Balaban J connectivity index is 0.802. The summed E-state index contributed by atoms with van der Waals surface area (Å²) in [7, 11) is 1.62.